The lowest BCUT2D eigenvalue weighted by molar-refractivity contribution is 0.159. The second kappa shape index (κ2) is 6.46. The highest BCUT2D eigenvalue weighted by Gasteiger charge is 2.08. The average Bonchev–Trinajstić information content (AvgIpc) is 2.65. The van der Waals surface area contributed by atoms with Crippen LogP contribution in [-0.4, -0.2) is 24.4 Å². The lowest BCUT2D eigenvalue weighted by Crippen LogP contribution is -2.14. The second-order valence-electron chi connectivity index (χ2n) is 4.56. The fourth-order valence-electron chi connectivity index (χ4n) is 1.97. The van der Waals surface area contributed by atoms with Crippen molar-refractivity contribution in [2.24, 2.45) is 0 Å². The molecule has 0 aromatic heterocycles. The van der Waals surface area contributed by atoms with E-state index in [0.717, 1.165) is 30.4 Å². The van der Waals surface area contributed by atoms with E-state index in [4.69, 9.17) is 7.85 Å². The molecular weight excluding hydrogens is 221 g/mol. The summed E-state index contributed by atoms with van der Waals surface area (Å²) in [5.41, 5.74) is 1.65. The first-order chi connectivity index (χ1) is 8.75. The van der Waals surface area contributed by atoms with Crippen molar-refractivity contribution in [3.05, 3.63) is 54.4 Å². The summed E-state index contributed by atoms with van der Waals surface area (Å²) in [4.78, 5) is 2.12. The van der Waals surface area contributed by atoms with Gasteiger partial charge in [-0.3, -0.25) is 0 Å². The third-order valence-electron chi connectivity index (χ3n) is 3.08. The van der Waals surface area contributed by atoms with E-state index in [-0.39, 0.29) is 0 Å². The Bertz CT molecular complexity index is 411. The van der Waals surface area contributed by atoms with Gasteiger partial charge in [-0.05, 0) is 37.2 Å². The molecule has 0 fully saturated rings. The van der Waals surface area contributed by atoms with Crippen LogP contribution in [0.4, 0.5) is 0 Å². The van der Waals surface area contributed by atoms with E-state index in [0.29, 0.717) is 6.42 Å². The molecule has 1 aromatic rings. The van der Waals surface area contributed by atoms with E-state index in [1.54, 1.807) is 0 Å². The van der Waals surface area contributed by atoms with Crippen molar-refractivity contribution in [1.82, 2.24) is 4.90 Å². The van der Waals surface area contributed by atoms with Crippen molar-refractivity contribution in [3.8, 4) is 0 Å². The Morgan fingerprint density at radius 1 is 1.11 bits per heavy atom. The molecule has 2 rings (SSSR count). The highest BCUT2D eigenvalue weighted by atomic mass is 16.3. The van der Waals surface area contributed by atoms with Crippen LogP contribution in [0.15, 0.2) is 48.8 Å². The number of benzene rings is 1. The third kappa shape index (κ3) is 3.78. The van der Waals surface area contributed by atoms with Gasteiger partial charge in [-0.25, -0.2) is 0 Å². The molecule has 0 aliphatic carbocycles. The molecule has 18 heavy (non-hydrogen) atoms. The van der Waals surface area contributed by atoms with Gasteiger partial charge in [0, 0.05) is 6.54 Å². The predicted octanol–water partition coefficient (Wildman–Crippen LogP) is 2.03. The summed E-state index contributed by atoms with van der Waals surface area (Å²) in [6.07, 6.45) is 10.9. The maximum absolute atomic E-state index is 10.1. The van der Waals surface area contributed by atoms with Crippen LogP contribution in [0.25, 0.3) is 0 Å². The molecule has 3 heteroatoms. The van der Waals surface area contributed by atoms with Gasteiger partial charge in [0.15, 0.2) is 0 Å². The van der Waals surface area contributed by atoms with Crippen LogP contribution >= 0.6 is 0 Å². The SMILES string of the molecule is [B]c1ccc(C(O)CCN2C=CCCC=C2)cc1. The summed E-state index contributed by atoms with van der Waals surface area (Å²) < 4.78 is 0. The topological polar surface area (TPSA) is 23.5 Å². The fraction of sp³-hybridized carbons (Fsp3) is 0.333. The van der Waals surface area contributed by atoms with E-state index in [9.17, 15) is 5.11 Å². The largest absolute Gasteiger partial charge is 0.388 e. The summed E-state index contributed by atoms with van der Waals surface area (Å²) in [6.45, 7) is 0.818. The minimum absolute atomic E-state index is 0.435. The molecule has 2 radical (unpaired) electrons. The van der Waals surface area contributed by atoms with Crippen LogP contribution in [0.5, 0.6) is 0 Å². The van der Waals surface area contributed by atoms with Crippen molar-refractivity contribution in [2.75, 3.05) is 6.54 Å². The molecule has 1 unspecified atom stereocenters. The van der Waals surface area contributed by atoms with Crippen molar-refractivity contribution in [3.63, 3.8) is 0 Å². The number of allylic oxidation sites excluding steroid dienone is 2. The number of hydrogen-bond donors (Lipinski definition) is 1. The van der Waals surface area contributed by atoms with Gasteiger partial charge in [0.05, 0.1) is 6.10 Å². The van der Waals surface area contributed by atoms with Crippen LogP contribution < -0.4 is 5.46 Å². The number of aliphatic hydroxyl groups excluding tert-OH is 1. The van der Waals surface area contributed by atoms with Gasteiger partial charge in [0.2, 0.25) is 0 Å². The minimum Gasteiger partial charge on any atom is -0.388 e. The predicted molar refractivity (Wildman–Crippen MR) is 75.6 cm³/mol. The first kappa shape index (κ1) is 13.0. The summed E-state index contributed by atoms with van der Waals surface area (Å²) >= 11 is 0. The van der Waals surface area contributed by atoms with Crippen molar-refractivity contribution in [2.45, 2.75) is 25.4 Å². The Balaban J connectivity index is 1.87. The van der Waals surface area contributed by atoms with Crippen molar-refractivity contribution < 1.29 is 5.11 Å². The van der Waals surface area contributed by atoms with Gasteiger partial charge in [-0.2, -0.15) is 0 Å². The molecule has 0 saturated heterocycles. The molecule has 0 saturated carbocycles. The first-order valence-electron chi connectivity index (χ1n) is 6.38. The van der Waals surface area contributed by atoms with Gasteiger partial charge >= 0.3 is 0 Å². The van der Waals surface area contributed by atoms with Gasteiger partial charge in [-0.1, -0.05) is 41.9 Å². The number of nitrogens with zero attached hydrogens (tertiary/aromatic N) is 1. The molecule has 2 nitrogen and oxygen atoms in total. The molecule has 1 aliphatic rings. The Morgan fingerprint density at radius 2 is 1.72 bits per heavy atom. The fourth-order valence-corrected chi connectivity index (χ4v) is 1.97. The normalized spacial score (nSPS) is 16.6. The average molecular weight is 239 g/mol. The van der Waals surface area contributed by atoms with Crippen molar-refractivity contribution in [1.29, 1.82) is 0 Å². The van der Waals surface area contributed by atoms with Gasteiger partial charge < -0.3 is 10.0 Å². The van der Waals surface area contributed by atoms with Crippen LogP contribution in [0, 0.1) is 0 Å². The Kier molecular flexibility index (Phi) is 4.65. The van der Waals surface area contributed by atoms with E-state index in [1.807, 2.05) is 24.3 Å². The third-order valence-corrected chi connectivity index (χ3v) is 3.08. The van der Waals surface area contributed by atoms with Crippen LogP contribution in [0.2, 0.25) is 0 Å². The molecule has 1 N–H and O–H groups in total. The maximum atomic E-state index is 10.1. The van der Waals surface area contributed by atoms with Gasteiger partial charge in [-0.15, -0.1) is 0 Å². The van der Waals surface area contributed by atoms with E-state index < -0.39 is 6.10 Å². The van der Waals surface area contributed by atoms with Crippen molar-refractivity contribution >= 4 is 13.3 Å². The van der Waals surface area contributed by atoms with E-state index >= 15 is 0 Å². The molecule has 1 atom stereocenters. The lowest BCUT2D eigenvalue weighted by Gasteiger charge is -2.18. The molecule has 0 amide bonds. The summed E-state index contributed by atoms with van der Waals surface area (Å²) in [5, 5.41) is 10.1. The molecule has 1 aliphatic heterocycles. The monoisotopic (exact) mass is 239 g/mol. The number of aliphatic hydroxyl groups is 1. The molecule has 92 valence electrons. The van der Waals surface area contributed by atoms with E-state index in [1.165, 1.54) is 0 Å². The highest BCUT2D eigenvalue weighted by Crippen LogP contribution is 2.16. The summed E-state index contributed by atoms with van der Waals surface area (Å²) in [7, 11) is 5.63. The zero-order chi connectivity index (χ0) is 12.8. The quantitative estimate of drug-likeness (QED) is 0.812. The molecule has 1 aromatic carbocycles. The highest BCUT2D eigenvalue weighted by molar-refractivity contribution is 6.32. The zero-order valence-electron chi connectivity index (χ0n) is 10.5. The molecule has 0 spiro atoms. The summed E-state index contributed by atoms with van der Waals surface area (Å²) in [6, 6.07) is 7.41. The zero-order valence-corrected chi connectivity index (χ0v) is 10.5. The standard InChI is InChI=1S/C15H18BNO/c16-14-7-5-13(6-8-14)15(18)9-12-17-10-3-1-2-4-11-17/h3-8,10-11,15,18H,1-2,9,12H2. The molecule has 0 bridgehead atoms. The first-order valence-corrected chi connectivity index (χ1v) is 6.38. The maximum Gasteiger partial charge on any atom is 0.113 e. The lowest BCUT2D eigenvalue weighted by atomic mass is 9.94. The Morgan fingerprint density at radius 3 is 2.33 bits per heavy atom. The second-order valence-corrected chi connectivity index (χ2v) is 4.56. The number of rotatable bonds is 4. The summed E-state index contributed by atoms with van der Waals surface area (Å²) in [5.74, 6) is 0. The van der Waals surface area contributed by atoms with Crippen LogP contribution in [-0.2, 0) is 0 Å². The Hall–Kier alpha value is -1.48. The molecular formula is C15H18BNO. The smallest absolute Gasteiger partial charge is 0.113 e. The van der Waals surface area contributed by atoms with Gasteiger partial charge in [0.25, 0.3) is 0 Å². The van der Waals surface area contributed by atoms with Crippen LogP contribution in [0.1, 0.15) is 30.9 Å². The van der Waals surface area contributed by atoms with Gasteiger partial charge in [0.1, 0.15) is 7.85 Å². The number of hydrogen-bond acceptors (Lipinski definition) is 2. The minimum atomic E-state index is -0.435. The van der Waals surface area contributed by atoms with Crippen LogP contribution in [0.3, 0.4) is 0 Å². The molecule has 1 heterocycles. The Labute approximate surface area is 110 Å². The van der Waals surface area contributed by atoms with E-state index in [2.05, 4.69) is 29.5 Å².